The average molecular weight is 434 g/mol. The number of nitriles is 1. The highest BCUT2D eigenvalue weighted by molar-refractivity contribution is 5.76. The van der Waals surface area contributed by atoms with Crippen molar-refractivity contribution in [1.29, 1.82) is 5.26 Å². The van der Waals surface area contributed by atoms with Gasteiger partial charge in [0.25, 0.3) is 0 Å². The summed E-state index contributed by atoms with van der Waals surface area (Å²) in [6, 6.07) is 12.4. The van der Waals surface area contributed by atoms with Crippen LogP contribution in [0.15, 0.2) is 47.9 Å². The van der Waals surface area contributed by atoms with Gasteiger partial charge in [0.2, 0.25) is 11.8 Å². The van der Waals surface area contributed by atoms with Crippen molar-refractivity contribution in [3.63, 3.8) is 0 Å². The van der Waals surface area contributed by atoms with Crippen LogP contribution >= 0.6 is 0 Å². The molecule has 0 radical (unpaired) electrons. The summed E-state index contributed by atoms with van der Waals surface area (Å²) in [5.74, 6) is 1.10. The van der Waals surface area contributed by atoms with Crippen LogP contribution in [0.25, 0.3) is 11.3 Å². The summed E-state index contributed by atoms with van der Waals surface area (Å²) < 4.78 is 22.1. The van der Waals surface area contributed by atoms with Crippen LogP contribution in [0.2, 0.25) is 0 Å². The first-order chi connectivity index (χ1) is 15.5. The summed E-state index contributed by atoms with van der Waals surface area (Å²) in [5, 5.41) is 27.3. The number of benzene rings is 2. The van der Waals surface area contributed by atoms with Crippen LogP contribution in [0.4, 0.5) is 0 Å². The molecule has 4 rings (SSSR count). The van der Waals surface area contributed by atoms with E-state index in [1.165, 1.54) is 6.07 Å². The zero-order chi connectivity index (χ0) is 22.8. The Bertz CT molecular complexity index is 1240. The normalized spacial score (nSPS) is 14.9. The molecule has 0 bridgehead atoms. The number of methoxy groups -OCH3 is 2. The first-order valence-corrected chi connectivity index (χ1v) is 9.86. The van der Waals surface area contributed by atoms with E-state index in [2.05, 4.69) is 16.3 Å². The summed E-state index contributed by atoms with van der Waals surface area (Å²) in [7, 11) is 3.14. The molecule has 1 aliphatic rings. The van der Waals surface area contributed by atoms with E-state index in [1.54, 1.807) is 44.6 Å². The van der Waals surface area contributed by atoms with Gasteiger partial charge in [0, 0.05) is 5.56 Å². The molecule has 1 aromatic heterocycles. The number of allylic oxidation sites excluding steroid dienone is 1. The molecular formula is C23H22N4O5. The van der Waals surface area contributed by atoms with E-state index < -0.39 is 5.92 Å². The quantitative estimate of drug-likeness (QED) is 0.537. The van der Waals surface area contributed by atoms with Crippen molar-refractivity contribution in [1.82, 2.24) is 10.2 Å². The Morgan fingerprint density at radius 3 is 2.69 bits per heavy atom. The first-order valence-electron chi connectivity index (χ1n) is 9.86. The second-order valence-electron chi connectivity index (χ2n) is 6.97. The van der Waals surface area contributed by atoms with Crippen molar-refractivity contribution in [3.8, 4) is 46.2 Å². The molecule has 0 fully saturated rings. The van der Waals surface area contributed by atoms with Gasteiger partial charge in [-0.1, -0.05) is 6.07 Å². The molecule has 0 aliphatic carbocycles. The highest BCUT2D eigenvalue weighted by atomic mass is 16.5. The maximum atomic E-state index is 10.2. The Kier molecular flexibility index (Phi) is 5.52. The monoisotopic (exact) mass is 434 g/mol. The number of nitrogens with two attached hydrogens (primary N) is 1. The lowest BCUT2D eigenvalue weighted by Crippen LogP contribution is -2.21. The molecule has 9 heteroatoms. The Hall–Kier alpha value is -4.32. The van der Waals surface area contributed by atoms with Crippen LogP contribution in [-0.2, 0) is 0 Å². The molecule has 0 amide bonds. The maximum Gasteiger partial charge on any atom is 0.244 e. The van der Waals surface area contributed by atoms with E-state index in [9.17, 15) is 10.4 Å². The number of hydrogen-bond donors (Lipinski definition) is 3. The SMILES string of the molecule is CCOc1cc([C@H]2C(C#N)=C(N)Oc3n[nH]c(-c4cc(OC)ccc4OC)c32)ccc1O. The molecule has 0 saturated heterocycles. The molecule has 2 aromatic carbocycles. The molecule has 4 N–H and O–H groups in total. The number of aromatic nitrogens is 2. The van der Waals surface area contributed by atoms with Gasteiger partial charge in [-0.05, 0) is 42.8 Å². The van der Waals surface area contributed by atoms with Crippen molar-refractivity contribution in [2.24, 2.45) is 5.73 Å². The Labute approximate surface area is 184 Å². The van der Waals surface area contributed by atoms with E-state index in [0.29, 0.717) is 46.2 Å². The lowest BCUT2D eigenvalue weighted by Gasteiger charge is -2.25. The molecule has 3 aromatic rings. The number of nitrogens with one attached hydrogen (secondary N) is 1. The minimum atomic E-state index is -0.617. The largest absolute Gasteiger partial charge is 0.504 e. The van der Waals surface area contributed by atoms with Gasteiger partial charge in [-0.2, -0.15) is 5.26 Å². The predicted molar refractivity (Wildman–Crippen MR) is 116 cm³/mol. The lowest BCUT2D eigenvalue weighted by molar-refractivity contribution is 0.317. The number of phenolic OH excluding ortho intramolecular Hbond substituents is 1. The van der Waals surface area contributed by atoms with Gasteiger partial charge in [0.05, 0.1) is 38.0 Å². The highest BCUT2D eigenvalue weighted by Crippen LogP contribution is 2.48. The van der Waals surface area contributed by atoms with Crippen LogP contribution in [0.1, 0.15) is 24.0 Å². The fraction of sp³-hybridized carbons (Fsp3) is 0.217. The van der Waals surface area contributed by atoms with E-state index in [1.807, 2.05) is 6.92 Å². The third kappa shape index (κ3) is 3.41. The summed E-state index contributed by atoms with van der Waals surface area (Å²) in [6.45, 7) is 2.19. The number of fused-ring (bicyclic) bond motifs is 1. The number of hydrogen-bond acceptors (Lipinski definition) is 8. The third-order valence-corrected chi connectivity index (χ3v) is 5.23. The van der Waals surface area contributed by atoms with Gasteiger partial charge in [-0.15, -0.1) is 5.10 Å². The van der Waals surface area contributed by atoms with Crippen molar-refractivity contribution in [3.05, 3.63) is 59.0 Å². The van der Waals surface area contributed by atoms with E-state index in [4.69, 9.17) is 24.7 Å². The number of rotatable bonds is 6. The van der Waals surface area contributed by atoms with Gasteiger partial charge in [0.1, 0.15) is 23.1 Å². The second kappa shape index (κ2) is 8.43. The van der Waals surface area contributed by atoms with Crippen LogP contribution < -0.4 is 24.7 Å². The fourth-order valence-corrected chi connectivity index (χ4v) is 3.77. The predicted octanol–water partition coefficient (Wildman–Crippen LogP) is 3.42. The molecule has 32 heavy (non-hydrogen) atoms. The number of aromatic amines is 1. The molecule has 164 valence electrons. The number of phenols is 1. The molecular weight excluding hydrogens is 412 g/mol. The van der Waals surface area contributed by atoms with E-state index in [-0.39, 0.29) is 23.1 Å². The number of nitrogens with zero attached hydrogens (tertiary/aromatic N) is 2. The van der Waals surface area contributed by atoms with Crippen LogP contribution in [0.3, 0.4) is 0 Å². The lowest BCUT2D eigenvalue weighted by atomic mass is 9.82. The van der Waals surface area contributed by atoms with Gasteiger partial charge in [0.15, 0.2) is 11.5 Å². The minimum absolute atomic E-state index is 0.000208. The van der Waals surface area contributed by atoms with Crippen LogP contribution in [0.5, 0.6) is 28.9 Å². The Morgan fingerprint density at radius 1 is 1.19 bits per heavy atom. The van der Waals surface area contributed by atoms with E-state index in [0.717, 1.165) is 0 Å². The molecule has 1 aliphatic heterocycles. The summed E-state index contributed by atoms with van der Waals surface area (Å²) >= 11 is 0. The van der Waals surface area contributed by atoms with Gasteiger partial charge >= 0.3 is 0 Å². The van der Waals surface area contributed by atoms with Gasteiger partial charge in [-0.3, -0.25) is 5.10 Å². The number of H-pyrrole nitrogens is 1. The molecule has 1 atom stereocenters. The number of aromatic hydroxyl groups is 1. The highest BCUT2D eigenvalue weighted by Gasteiger charge is 2.36. The van der Waals surface area contributed by atoms with Crippen LogP contribution in [0, 0.1) is 11.3 Å². The zero-order valence-corrected chi connectivity index (χ0v) is 17.8. The minimum Gasteiger partial charge on any atom is -0.504 e. The smallest absolute Gasteiger partial charge is 0.244 e. The third-order valence-electron chi connectivity index (χ3n) is 5.23. The zero-order valence-electron chi connectivity index (χ0n) is 17.8. The van der Waals surface area contributed by atoms with Gasteiger partial charge < -0.3 is 29.8 Å². The Morgan fingerprint density at radius 2 is 2.00 bits per heavy atom. The summed E-state index contributed by atoms with van der Waals surface area (Å²) in [6.07, 6.45) is 0. The number of ether oxygens (including phenoxy) is 4. The molecule has 0 unspecified atom stereocenters. The van der Waals surface area contributed by atoms with E-state index >= 15 is 0 Å². The fourth-order valence-electron chi connectivity index (χ4n) is 3.77. The molecule has 0 saturated carbocycles. The molecule has 0 spiro atoms. The second-order valence-corrected chi connectivity index (χ2v) is 6.97. The molecule has 2 heterocycles. The Balaban J connectivity index is 1.96. The van der Waals surface area contributed by atoms with Crippen molar-refractivity contribution >= 4 is 0 Å². The summed E-state index contributed by atoms with van der Waals surface area (Å²) in [5.41, 5.74) is 8.84. The van der Waals surface area contributed by atoms with Crippen molar-refractivity contribution in [2.45, 2.75) is 12.8 Å². The maximum absolute atomic E-state index is 10.2. The van der Waals surface area contributed by atoms with Crippen molar-refractivity contribution in [2.75, 3.05) is 20.8 Å². The topological polar surface area (TPSA) is 136 Å². The van der Waals surface area contributed by atoms with Crippen LogP contribution in [-0.4, -0.2) is 36.1 Å². The molecule has 9 nitrogen and oxygen atoms in total. The van der Waals surface area contributed by atoms with Gasteiger partial charge in [-0.25, -0.2) is 0 Å². The standard InChI is InChI=1S/C23H22N4O5/c1-4-31-18-9-12(5-7-16(18)28)19-15(11-24)22(25)32-23-20(19)21(26-27-23)14-10-13(29-2)6-8-17(14)30-3/h5-10,19,28H,4,25H2,1-3H3,(H,26,27)/t19-/m0/s1. The average Bonchev–Trinajstić information content (AvgIpc) is 3.22. The summed E-state index contributed by atoms with van der Waals surface area (Å²) in [4.78, 5) is 0. The van der Waals surface area contributed by atoms with Crippen molar-refractivity contribution < 1.29 is 24.1 Å². The first kappa shape index (κ1) is 20.9.